The molecule has 3 saturated heterocycles. The SMILES string of the molecule is N#Cc1ccc(O[C@H]2CC[C@H](NC(=O)c3ccc(N4C[C@@H]5[C@@H](CN6CCN(c7cc8c(cc7F)C(=O)N(C7CCC(=O)NC7=O)C8=O)CC6)[C@@H]5C4)nn3)CC2)cc1Cl. The monoisotopic (exact) mass is 809 g/mol. The largest absolute Gasteiger partial charge is 0.490 e. The molecule has 4 atom stereocenters. The van der Waals surface area contributed by atoms with E-state index in [0.717, 1.165) is 75.2 Å². The van der Waals surface area contributed by atoms with Crippen molar-refractivity contribution in [2.45, 2.75) is 56.7 Å². The number of benzene rings is 2. The van der Waals surface area contributed by atoms with E-state index in [1.807, 2.05) is 17.0 Å². The second-order valence-corrected chi connectivity index (χ2v) is 16.5. The molecule has 2 N–H and O–H groups in total. The number of carbonyl (C=O) groups excluding carboxylic acids is 5. The molecule has 6 aliphatic rings. The van der Waals surface area contributed by atoms with Crippen LogP contribution < -0.4 is 25.2 Å². The molecule has 2 aliphatic carbocycles. The van der Waals surface area contributed by atoms with Gasteiger partial charge >= 0.3 is 0 Å². The third kappa shape index (κ3) is 7.21. The lowest BCUT2D eigenvalue weighted by molar-refractivity contribution is -0.136. The van der Waals surface area contributed by atoms with E-state index >= 15 is 4.39 Å². The number of hydrogen-bond donors (Lipinski definition) is 2. The first-order valence-electron chi connectivity index (χ1n) is 19.8. The lowest BCUT2D eigenvalue weighted by Crippen LogP contribution is -2.54. The molecule has 2 aromatic carbocycles. The molecule has 17 heteroatoms. The third-order valence-electron chi connectivity index (χ3n) is 12.6. The zero-order chi connectivity index (χ0) is 40.2. The van der Waals surface area contributed by atoms with Crippen LogP contribution in [-0.4, -0.2) is 114 Å². The highest BCUT2D eigenvalue weighted by molar-refractivity contribution is 6.31. The summed E-state index contributed by atoms with van der Waals surface area (Å²) in [4.78, 5) is 70.8. The lowest BCUT2D eigenvalue weighted by Gasteiger charge is -2.36. The number of anilines is 2. The molecule has 0 bridgehead atoms. The molecule has 0 spiro atoms. The van der Waals surface area contributed by atoms with E-state index in [9.17, 15) is 24.0 Å². The number of ether oxygens (including phenoxy) is 1. The number of nitriles is 1. The Morgan fingerprint density at radius 1 is 0.914 bits per heavy atom. The summed E-state index contributed by atoms with van der Waals surface area (Å²) >= 11 is 6.14. The Hall–Kier alpha value is -5.66. The smallest absolute Gasteiger partial charge is 0.272 e. The van der Waals surface area contributed by atoms with E-state index < -0.39 is 35.5 Å². The Morgan fingerprint density at radius 2 is 1.64 bits per heavy atom. The highest BCUT2D eigenvalue weighted by Crippen LogP contribution is 2.52. The number of imide groups is 2. The van der Waals surface area contributed by atoms with E-state index in [2.05, 4.69) is 30.6 Å². The predicted octanol–water partition coefficient (Wildman–Crippen LogP) is 3.17. The lowest BCUT2D eigenvalue weighted by atomic mass is 9.93. The van der Waals surface area contributed by atoms with E-state index in [0.29, 0.717) is 47.2 Å². The number of carbonyl (C=O) groups is 5. The minimum Gasteiger partial charge on any atom is -0.490 e. The fourth-order valence-electron chi connectivity index (χ4n) is 9.35. The summed E-state index contributed by atoms with van der Waals surface area (Å²) in [5, 5.41) is 23.4. The summed E-state index contributed by atoms with van der Waals surface area (Å²) in [6, 6.07) is 12.1. The minimum atomic E-state index is -1.10. The zero-order valence-electron chi connectivity index (χ0n) is 31.5. The van der Waals surface area contributed by atoms with Crippen LogP contribution in [0.25, 0.3) is 0 Å². The topological polar surface area (TPSA) is 181 Å². The fourth-order valence-corrected chi connectivity index (χ4v) is 9.56. The van der Waals surface area contributed by atoms with Crippen LogP contribution in [0, 0.1) is 34.9 Å². The maximum Gasteiger partial charge on any atom is 0.272 e. The van der Waals surface area contributed by atoms with Crippen molar-refractivity contribution in [2.24, 2.45) is 17.8 Å². The number of rotatable bonds is 9. The summed E-state index contributed by atoms with van der Waals surface area (Å²) in [5.74, 6) is -0.341. The third-order valence-corrected chi connectivity index (χ3v) is 13.0. The van der Waals surface area contributed by atoms with Crippen LogP contribution in [0.3, 0.4) is 0 Å². The van der Waals surface area contributed by atoms with Gasteiger partial charge in [0.15, 0.2) is 11.5 Å². The van der Waals surface area contributed by atoms with Crippen LogP contribution in [0.4, 0.5) is 15.9 Å². The molecule has 58 heavy (non-hydrogen) atoms. The highest BCUT2D eigenvalue weighted by Gasteiger charge is 2.56. The van der Waals surface area contributed by atoms with Gasteiger partial charge in [-0.3, -0.25) is 39.1 Å². The first kappa shape index (κ1) is 37.9. The molecule has 1 unspecified atom stereocenters. The molecule has 4 aliphatic heterocycles. The molecule has 5 amide bonds. The standard InChI is InChI=1S/C41H41ClFN9O6/c42-31-15-25(4-1-22(31)18-44)58-24-5-2-23(3-6-24)45-38(54)33-7-9-36(48-47-33)51-20-29-28(30(29)21-51)19-49-11-13-50(14-12-49)35-17-27-26(16-32(35)43)40(56)52(41(27)57)34-8-10-37(53)46-39(34)55/h1,4,7,9,15-17,23-24,28-30,34H,2-3,5-6,8,10-14,19-21H2,(H,45,54)(H,46,53,55)/t23-,24-,28-,29-,30+,34?. The van der Waals surface area contributed by atoms with Gasteiger partial charge in [-0.25, -0.2) is 4.39 Å². The molecule has 3 aromatic rings. The van der Waals surface area contributed by atoms with Crippen molar-refractivity contribution >= 4 is 52.6 Å². The van der Waals surface area contributed by atoms with Gasteiger partial charge in [0, 0.05) is 64.3 Å². The van der Waals surface area contributed by atoms with Gasteiger partial charge in [-0.2, -0.15) is 5.26 Å². The number of amides is 5. The number of piperidine rings is 2. The molecule has 2 saturated carbocycles. The fraction of sp³-hybridized carbons (Fsp3) is 0.463. The minimum absolute atomic E-state index is 0.00726. The number of nitrogens with one attached hydrogen (secondary N) is 2. The first-order valence-corrected chi connectivity index (χ1v) is 20.2. The van der Waals surface area contributed by atoms with Crippen LogP contribution >= 0.6 is 11.6 Å². The highest BCUT2D eigenvalue weighted by atomic mass is 35.5. The Morgan fingerprint density at radius 3 is 2.29 bits per heavy atom. The van der Waals surface area contributed by atoms with Gasteiger partial charge in [-0.05, 0) is 86.3 Å². The summed E-state index contributed by atoms with van der Waals surface area (Å²) in [6.45, 7) is 5.26. The molecular formula is C41H41ClFN9O6. The summed E-state index contributed by atoms with van der Waals surface area (Å²) in [7, 11) is 0. The van der Waals surface area contributed by atoms with Crippen LogP contribution in [0.5, 0.6) is 5.75 Å². The van der Waals surface area contributed by atoms with E-state index in [1.165, 1.54) is 6.07 Å². The zero-order valence-corrected chi connectivity index (χ0v) is 32.3. The molecular weight excluding hydrogens is 769 g/mol. The van der Waals surface area contributed by atoms with Gasteiger partial charge in [0.25, 0.3) is 17.7 Å². The van der Waals surface area contributed by atoms with Crippen LogP contribution in [0.1, 0.15) is 75.3 Å². The van der Waals surface area contributed by atoms with Gasteiger partial charge in [-0.15, -0.1) is 10.2 Å². The Kier molecular flexibility index (Phi) is 9.97. The van der Waals surface area contributed by atoms with Gasteiger partial charge in [0.05, 0.1) is 33.5 Å². The van der Waals surface area contributed by atoms with E-state index in [1.54, 1.807) is 24.3 Å². The molecule has 1 aromatic heterocycles. The number of halogens is 2. The van der Waals surface area contributed by atoms with Crippen LogP contribution in [0.2, 0.25) is 5.02 Å². The van der Waals surface area contributed by atoms with Crippen molar-refractivity contribution < 1.29 is 33.1 Å². The first-order chi connectivity index (χ1) is 28.0. The second-order valence-electron chi connectivity index (χ2n) is 16.1. The van der Waals surface area contributed by atoms with E-state index in [-0.39, 0.29) is 53.4 Å². The maximum absolute atomic E-state index is 15.4. The predicted molar refractivity (Wildman–Crippen MR) is 207 cm³/mol. The molecule has 15 nitrogen and oxygen atoms in total. The number of piperazine rings is 1. The second kappa shape index (κ2) is 15.3. The molecule has 5 heterocycles. The van der Waals surface area contributed by atoms with Crippen LogP contribution in [-0.2, 0) is 9.59 Å². The Balaban J connectivity index is 0.712. The normalized spacial score (nSPS) is 26.9. The number of nitrogens with zero attached hydrogens (tertiary/aromatic N) is 7. The van der Waals surface area contributed by atoms with Gasteiger partial charge in [0.2, 0.25) is 11.8 Å². The molecule has 9 rings (SSSR count). The van der Waals surface area contributed by atoms with Crippen LogP contribution in [0.15, 0.2) is 42.5 Å². The van der Waals surface area contributed by atoms with Crippen molar-refractivity contribution in [3.05, 3.63) is 75.7 Å². The average Bonchev–Trinajstić information content (AvgIpc) is 3.52. The Labute approximate surface area is 338 Å². The summed E-state index contributed by atoms with van der Waals surface area (Å²) < 4.78 is 21.5. The van der Waals surface area contributed by atoms with E-state index in [4.69, 9.17) is 21.6 Å². The van der Waals surface area contributed by atoms with Gasteiger partial charge in [-0.1, -0.05) is 11.6 Å². The maximum atomic E-state index is 15.4. The number of hydrogen-bond acceptors (Lipinski definition) is 12. The molecule has 0 radical (unpaired) electrons. The van der Waals surface area contributed by atoms with Crippen molar-refractivity contribution in [1.29, 1.82) is 5.26 Å². The number of fused-ring (bicyclic) bond motifs is 2. The average molecular weight is 810 g/mol. The van der Waals surface area contributed by atoms with Crippen molar-refractivity contribution in [3.8, 4) is 11.8 Å². The summed E-state index contributed by atoms with van der Waals surface area (Å²) in [6.07, 6.45) is 3.16. The number of aromatic nitrogens is 2. The quantitative estimate of drug-likeness (QED) is 0.302. The van der Waals surface area contributed by atoms with Gasteiger partial charge < -0.3 is 19.9 Å². The molecule has 300 valence electrons. The van der Waals surface area contributed by atoms with Crippen molar-refractivity contribution in [3.63, 3.8) is 0 Å². The van der Waals surface area contributed by atoms with Gasteiger partial charge in [0.1, 0.15) is 23.7 Å². The Bertz CT molecular complexity index is 2230. The van der Waals surface area contributed by atoms with Crippen molar-refractivity contribution in [2.75, 3.05) is 55.6 Å². The van der Waals surface area contributed by atoms with Crippen molar-refractivity contribution in [1.82, 2.24) is 30.6 Å². The summed E-state index contributed by atoms with van der Waals surface area (Å²) in [5.41, 5.74) is 0.950. The molecule has 5 fully saturated rings.